The van der Waals surface area contributed by atoms with Crippen LogP contribution in [0.2, 0.25) is 0 Å². The summed E-state index contributed by atoms with van der Waals surface area (Å²) in [4.78, 5) is 16.2. The van der Waals surface area contributed by atoms with Gasteiger partial charge in [-0.1, -0.05) is 12.1 Å². The van der Waals surface area contributed by atoms with Crippen molar-refractivity contribution in [3.8, 4) is 11.4 Å². The Morgan fingerprint density at radius 3 is 2.91 bits per heavy atom. The van der Waals surface area contributed by atoms with Crippen LogP contribution in [0.3, 0.4) is 0 Å². The Labute approximate surface area is 135 Å². The molecule has 0 radical (unpaired) electrons. The number of hydrogen-bond donors (Lipinski definition) is 1. The normalized spacial score (nSPS) is 10.9. The fourth-order valence-corrected chi connectivity index (χ4v) is 2.70. The number of pyridine rings is 1. The van der Waals surface area contributed by atoms with Crippen LogP contribution in [0.25, 0.3) is 17.0 Å². The number of ether oxygens (including phenoxy) is 1. The fourth-order valence-electron chi connectivity index (χ4n) is 2.19. The Kier molecular flexibility index (Phi) is 3.58. The van der Waals surface area contributed by atoms with E-state index in [1.54, 1.807) is 16.8 Å². The van der Waals surface area contributed by atoms with Crippen LogP contribution in [0, 0.1) is 6.92 Å². The number of carbonyl (C=O) groups is 1. The minimum atomic E-state index is -0.431. The molecule has 0 saturated heterocycles. The standard InChI is InChI=1S/C15H13BrN4O2/c1-8-10(4-3-5-12(8)17)13-18-14-11(16)6-9(15(21)22-2)7-20(14)19-13/h3-7H,17H2,1-2H3. The van der Waals surface area contributed by atoms with Gasteiger partial charge in [-0.3, -0.25) is 0 Å². The predicted molar refractivity (Wildman–Crippen MR) is 86.6 cm³/mol. The van der Waals surface area contributed by atoms with Gasteiger partial charge in [-0.15, -0.1) is 5.10 Å². The maximum absolute atomic E-state index is 11.7. The maximum Gasteiger partial charge on any atom is 0.339 e. The van der Waals surface area contributed by atoms with E-state index in [0.717, 1.165) is 11.1 Å². The first-order valence-corrected chi connectivity index (χ1v) is 7.30. The molecule has 0 atom stereocenters. The average molecular weight is 361 g/mol. The van der Waals surface area contributed by atoms with Gasteiger partial charge in [0.2, 0.25) is 0 Å². The number of fused-ring (bicyclic) bond motifs is 1. The highest BCUT2D eigenvalue weighted by Crippen LogP contribution is 2.27. The Hall–Kier alpha value is -2.41. The summed E-state index contributed by atoms with van der Waals surface area (Å²) >= 11 is 3.41. The van der Waals surface area contributed by atoms with Crippen LogP contribution in [0.1, 0.15) is 15.9 Å². The van der Waals surface area contributed by atoms with E-state index in [-0.39, 0.29) is 0 Å². The first-order valence-electron chi connectivity index (χ1n) is 6.51. The molecular formula is C15H13BrN4O2. The van der Waals surface area contributed by atoms with Gasteiger partial charge in [0, 0.05) is 17.4 Å². The largest absolute Gasteiger partial charge is 0.465 e. The number of benzene rings is 1. The number of anilines is 1. The first kappa shape index (κ1) is 14.5. The zero-order chi connectivity index (χ0) is 15.9. The summed E-state index contributed by atoms with van der Waals surface area (Å²) in [5.74, 6) is 0.118. The summed E-state index contributed by atoms with van der Waals surface area (Å²) < 4.78 is 6.94. The van der Waals surface area contributed by atoms with Gasteiger partial charge in [0.1, 0.15) is 0 Å². The van der Waals surface area contributed by atoms with Crippen LogP contribution in [0.15, 0.2) is 34.9 Å². The summed E-state index contributed by atoms with van der Waals surface area (Å²) in [6, 6.07) is 7.26. The predicted octanol–water partition coefficient (Wildman–Crippen LogP) is 2.84. The molecule has 1 aromatic carbocycles. The molecule has 0 amide bonds. The van der Waals surface area contributed by atoms with Crippen molar-refractivity contribution in [3.05, 3.63) is 46.1 Å². The molecular weight excluding hydrogens is 348 g/mol. The molecule has 7 heteroatoms. The van der Waals surface area contributed by atoms with Gasteiger partial charge in [-0.2, -0.15) is 0 Å². The van der Waals surface area contributed by atoms with Crippen molar-refractivity contribution < 1.29 is 9.53 Å². The zero-order valence-electron chi connectivity index (χ0n) is 12.0. The molecule has 112 valence electrons. The molecule has 0 saturated carbocycles. The van der Waals surface area contributed by atoms with Crippen molar-refractivity contribution in [1.82, 2.24) is 14.6 Å². The van der Waals surface area contributed by atoms with E-state index < -0.39 is 5.97 Å². The Bertz CT molecular complexity index is 889. The van der Waals surface area contributed by atoms with E-state index in [9.17, 15) is 4.79 Å². The number of aromatic nitrogens is 3. The molecule has 0 aliphatic heterocycles. The summed E-state index contributed by atoms with van der Waals surface area (Å²) in [6.45, 7) is 1.92. The van der Waals surface area contributed by atoms with Gasteiger partial charge in [-0.05, 0) is 40.5 Å². The molecule has 6 nitrogen and oxygen atoms in total. The van der Waals surface area contributed by atoms with Gasteiger partial charge < -0.3 is 10.5 Å². The monoisotopic (exact) mass is 360 g/mol. The van der Waals surface area contributed by atoms with E-state index in [2.05, 4.69) is 26.0 Å². The molecule has 0 bridgehead atoms. The minimum absolute atomic E-state index is 0.391. The Balaban J connectivity index is 2.20. The topological polar surface area (TPSA) is 82.5 Å². The molecule has 0 fully saturated rings. The number of rotatable bonds is 2. The molecule has 2 aromatic heterocycles. The lowest BCUT2D eigenvalue weighted by atomic mass is 10.1. The number of halogens is 1. The van der Waals surface area contributed by atoms with E-state index >= 15 is 0 Å². The number of nitrogen functional groups attached to an aromatic ring is 1. The lowest BCUT2D eigenvalue weighted by molar-refractivity contribution is 0.0600. The van der Waals surface area contributed by atoms with Crippen LogP contribution < -0.4 is 5.73 Å². The zero-order valence-corrected chi connectivity index (χ0v) is 13.6. The van der Waals surface area contributed by atoms with Gasteiger partial charge in [0.25, 0.3) is 0 Å². The third-order valence-corrected chi connectivity index (χ3v) is 4.01. The second-order valence-corrected chi connectivity index (χ2v) is 5.65. The molecule has 2 heterocycles. The van der Waals surface area contributed by atoms with E-state index in [4.69, 9.17) is 10.5 Å². The summed E-state index contributed by atoms with van der Waals surface area (Å²) in [5.41, 5.74) is 9.40. The van der Waals surface area contributed by atoms with E-state index in [1.807, 2.05) is 25.1 Å². The minimum Gasteiger partial charge on any atom is -0.465 e. The third-order valence-electron chi connectivity index (χ3n) is 3.43. The maximum atomic E-state index is 11.7. The number of nitrogens with zero attached hydrogens (tertiary/aromatic N) is 3. The van der Waals surface area contributed by atoms with Crippen LogP contribution in [-0.2, 0) is 4.74 Å². The molecule has 0 spiro atoms. The van der Waals surface area contributed by atoms with E-state index in [0.29, 0.717) is 27.2 Å². The number of hydrogen-bond acceptors (Lipinski definition) is 5. The van der Waals surface area contributed by atoms with Crippen LogP contribution in [0.4, 0.5) is 5.69 Å². The lowest BCUT2D eigenvalue weighted by Gasteiger charge is -2.03. The second kappa shape index (κ2) is 5.42. The molecule has 0 aliphatic rings. The highest BCUT2D eigenvalue weighted by Gasteiger charge is 2.15. The van der Waals surface area contributed by atoms with Crippen molar-refractivity contribution in [2.24, 2.45) is 0 Å². The van der Waals surface area contributed by atoms with Gasteiger partial charge in [0.05, 0.1) is 17.1 Å². The van der Waals surface area contributed by atoms with Crippen LogP contribution in [0.5, 0.6) is 0 Å². The number of nitrogens with two attached hydrogens (primary N) is 1. The van der Waals surface area contributed by atoms with Crippen molar-refractivity contribution in [3.63, 3.8) is 0 Å². The van der Waals surface area contributed by atoms with Crippen molar-refractivity contribution >= 4 is 33.2 Å². The number of methoxy groups -OCH3 is 1. The fraction of sp³-hybridized carbons (Fsp3) is 0.133. The molecule has 0 unspecified atom stereocenters. The van der Waals surface area contributed by atoms with Gasteiger partial charge in [-0.25, -0.2) is 14.3 Å². The summed E-state index contributed by atoms with van der Waals surface area (Å²) in [5, 5.41) is 4.44. The quantitative estimate of drug-likeness (QED) is 0.561. The van der Waals surface area contributed by atoms with E-state index in [1.165, 1.54) is 7.11 Å². The summed E-state index contributed by atoms with van der Waals surface area (Å²) in [6.07, 6.45) is 1.59. The highest BCUT2D eigenvalue weighted by molar-refractivity contribution is 9.10. The van der Waals surface area contributed by atoms with Crippen molar-refractivity contribution in [2.45, 2.75) is 6.92 Å². The Morgan fingerprint density at radius 1 is 1.41 bits per heavy atom. The SMILES string of the molecule is COC(=O)c1cc(Br)c2nc(-c3cccc(N)c3C)nn2c1. The second-order valence-electron chi connectivity index (χ2n) is 4.79. The molecule has 22 heavy (non-hydrogen) atoms. The number of esters is 1. The van der Waals surface area contributed by atoms with Gasteiger partial charge >= 0.3 is 5.97 Å². The molecule has 2 N–H and O–H groups in total. The number of carbonyl (C=O) groups excluding carboxylic acids is 1. The van der Waals surface area contributed by atoms with Crippen molar-refractivity contribution in [1.29, 1.82) is 0 Å². The lowest BCUT2D eigenvalue weighted by Crippen LogP contribution is -2.03. The smallest absolute Gasteiger partial charge is 0.339 e. The third kappa shape index (κ3) is 2.33. The van der Waals surface area contributed by atoms with Crippen LogP contribution in [-0.4, -0.2) is 27.7 Å². The molecule has 0 aliphatic carbocycles. The van der Waals surface area contributed by atoms with Gasteiger partial charge in [0.15, 0.2) is 11.5 Å². The first-order chi connectivity index (χ1) is 10.5. The highest BCUT2D eigenvalue weighted by atomic mass is 79.9. The molecule has 3 rings (SSSR count). The van der Waals surface area contributed by atoms with Crippen LogP contribution >= 0.6 is 15.9 Å². The van der Waals surface area contributed by atoms with Crippen molar-refractivity contribution in [2.75, 3.05) is 12.8 Å². The average Bonchev–Trinajstić information content (AvgIpc) is 2.93. The molecule has 3 aromatic rings. The Morgan fingerprint density at radius 2 is 2.18 bits per heavy atom. The summed E-state index contributed by atoms with van der Waals surface area (Å²) in [7, 11) is 1.34.